The standard InChI is InChI=1S/C19H25N5O4/c25-18(21-12-14-13-27-15-6-1-2-7-16(15)28-14)20-9-5-11-24-19(26)23-10-4-3-8-17(23)22-24/h1-2,6-7,14H,3-5,8-13H2,(H2,20,21,25). The van der Waals surface area contributed by atoms with Crippen molar-refractivity contribution in [3.8, 4) is 11.5 Å². The molecule has 9 nitrogen and oxygen atoms in total. The maximum Gasteiger partial charge on any atom is 0.345 e. The van der Waals surface area contributed by atoms with Crippen molar-refractivity contribution < 1.29 is 14.3 Å². The number of benzene rings is 1. The Hall–Kier alpha value is -2.97. The van der Waals surface area contributed by atoms with Gasteiger partial charge in [-0.2, -0.15) is 5.10 Å². The number of carbonyl (C=O) groups is 1. The minimum Gasteiger partial charge on any atom is -0.486 e. The maximum atomic E-state index is 12.2. The molecule has 0 saturated heterocycles. The van der Waals surface area contributed by atoms with Crippen LogP contribution in [0.2, 0.25) is 0 Å². The lowest BCUT2D eigenvalue weighted by Crippen LogP contribution is -2.44. The van der Waals surface area contributed by atoms with Crippen LogP contribution < -0.4 is 25.8 Å². The molecule has 1 aromatic carbocycles. The quantitative estimate of drug-likeness (QED) is 0.718. The van der Waals surface area contributed by atoms with Crippen LogP contribution in [0, 0.1) is 0 Å². The number of urea groups is 1. The molecule has 2 aromatic rings. The second kappa shape index (κ2) is 8.37. The Kier molecular flexibility index (Phi) is 5.50. The molecule has 0 bridgehead atoms. The average molecular weight is 387 g/mol. The minimum atomic E-state index is -0.265. The summed E-state index contributed by atoms with van der Waals surface area (Å²) in [6, 6.07) is 7.21. The highest BCUT2D eigenvalue weighted by Crippen LogP contribution is 2.30. The van der Waals surface area contributed by atoms with Crippen molar-refractivity contribution in [1.82, 2.24) is 25.0 Å². The van der Waals surface area contributed by atoms with Crippen LogP contribution in [0.4, 0.5) is 4.79 Å². The van der Waals surface area contributed by atoms with E-state index in [4.69, 9.17) is 9.47 Å². The van der Waals surface area contributed by atoms with E-state index in [1.165, 1.54) is 4.68 Å². The largest absolute Gasteiger partial charge is 0.486 e. The van der Waals surface area contributed by atoms with Crippen molar-refractivity contribution in [1.29, 1.82) is 0 Å². The van der Waals surface area contributed by atoms with Gasteiger partial charge in [0.25, 0.3) is 0 Å². The summed E-state index contributed by atoms with van der Waals surface area (Å²) < 4.78 is 14.7. The molecular weight excluding hydrogens is 362 g/mol. The third-order valence-corrected chi connectivity index (χ3v) is 4.92. The molecule has 9 heteroatoms. The third kappa shape index (κ3) is 4.13. The average Bonchev–Trinajstić information content (AvgIpc) is 3.05. The Bertz CT molecular complexity index is 891. The molecule has 150 valence electrons. The molecule has 0 radical (unpaired) electrons. The highest BCUT2D eigenvalue weighted by atomic mass is 16.6. The molecule has 4 rings (SSSR count). The van der Waals surface area contributed by atoms with Crippen LogP contribution in [0.1, 0.15) is 25.1 Å². The normalized spacial score (nSPS) is 17.6. The van der Waals surface area contributed by atoms with Crippen molar-refractivity contribution >= 4 is 6.03 Å². The predicted molar refractivity (Wildman–Crippen MR) is 102 cm³/mol. The van der Waals surface area contributed by atoms with Crippen molar-refractivity contribution in [2.24, 2.45) is 0 Å². The van der Waals surface area contributed by atoms with Gasteiger partial charge in [-0.05, 0) is 31.4 Å². The van der Waals surface area contributed by atoms with E-state index in [-0.39, 0.29) is 17.8 Å². The van der Waals surface area contributed by atoms with Crippen LogP contribution in [0.15, 0.2) is 29.1 Å². The first-order valence-electron chi connectivity index (χ1n) is 9.77. The van der Waals surface area contributed by atoms with E-state index >= 15 is 0 Å². The summed E-state index contributed by atoms with van der Waals surface area (Å²) in [5.74, 6) is 2.28. The summed E-state index contributed by atoms with van der Waals surface area (Å²) in [5, 5.41) is 9.98. The second-order valence-corrected chi connectivity index (χ2v) is 7.02. The van der Waals surface area contributed by atoms with E-state index in [0.29, 0.717) is 38.4 Å². The van der Waals surface area contributed by atoms with Crippen LogP contribution in [-0.2, 0) is 19.5 Å². The number of rotatable bonds is 6. The SMILES string of the molecule is O=C(NCCCn1nc2n(c1=O)CCCC2)NCC1COc2ccccc2O1. The molecule has 0 aliphatic carbocycles. The molecule has 1 aromatic heterocycles. The van der Waals surface area contributed by atoms with Gasteiger partial charge < -0.3 is 20.1 Å². The zero-order chi connectivity index (χ0) is 19.3. The smallest absolute Gasteiger partial charge is 0.345 e. The van der Waals surface area contributed by atoms with Gasteiger partial charge >= 0.3 is 11.7 Å². The van der Waals surface area contributed by atoms with E-state index in [1.807, 2.05) is 24.3 Å². The number of hydrogen-bond acceptors (Lipinski definition) is 5. The lowest BCUT2D eigenvalue weighted by Gasteiger charge is -2.26. The van der Waals surface area contributed by atoms with Gasteiger partial charge in [0.1, 0.15) is 12.4 Å². The van der Waals surface area contributed by atoms with Crippen molar-refractivity contribution in [2.75, 3.05) is 19.7 Å². The van der Waals surface area contributed by atoms with Crippen LogP contribution in [0.5, 0.6) is 11.5 Å². The van der Waals surface area contributed by atoms with E-state index in [1.54, 1.807) is 4.57 Å². The maximum absolute atomic E-state index is 12.2. The Morgan fingerprint density at radius 3 is 2.93 bits per heavy atom. The lowest BCUT2D eigenvalue weighted by atomic mass is 10.2. The monoisotopic (exact) mass is 387 g/mol. The summed E-state index contributed by atoms with van der Waals surface area (Å²) in [5.41, 5.74) is -0.0473. The topological polar surface area (TPSA) is 99.4 Å². The van der Waals surface area contributed by atoms with Gasteiger partial charge in [0.15, 0.2) is 17.6 Å². The number of hydrogen-bond donors (Lipinski definition) is 2. The zero-order valence-electron chi connectivity index (χ0n) is 15.7. The zero-order valence-corrected chi connectivity index (χ0v) is 15.7. The minimum absolute atomic E-state index is 0.0473. The number of nitrogens with zero attached hydrogens (tertiary/aromatic N) is 3. The van der Waals surface area contributed by atoms with E-state index in [2.05, 4.69) is 15.7 Å². The Morgan fingerprint density at radius 1 is 1.21 bits per heavy atom. The van der Waals surface area contributed by atoms with Gasteiger partial charge in [-0.3, -0.25) is 4.57 Å². The molecule has 1 unspecified atom stereocenters. The van der Waals surface area contributed by atoms with Crippen molar-refractivity contribution in [3.05, 3.63) is 40.6 Å². The number of aromatic nitrogens is 3. The van der Waals surface area contributed by atoms with E-state index in [9.17, 15) is 9.59 Å². The van der Waals surface area contributed by atoms with Gasteiger partial charge in [-0.1, -0.05) is 12.1 Å². The summed E-state index contributed by atoms with van der Waals surface area (Å²) in [6.45, 7) is 2.46. The summed E-state index contributed by atoms with van der Waals surface area (Å²) >= 11 is 0. The van der Waals surface area contributed by atoms with Gasteiger partial charge in [0, 0.05) is 26.1 Å². The fourth-order valence-electron chi connectivity index (χ4n) is 3.46. The first kappa shape index (κ1) is 18.4. The Labute approximate surface area is 162 Å². The molecule has 2 N–H and O–H groups in total. The van der Waals surface area contributed by atoms with Gasteiger partial charge in [0.05, 0.1) is 6.54 Å². The van der Waals surface area contributed by atoms with Gasteiger partial charge in [-0.15, -0.1) is 0 Å². The van der Waals surface area contributed by atoms with Crippen LogP contribution in [-0.4, -0.2) is 46.2 Å². The summed E-state index contributed by atoms with van der Waals surface area (Å²) in [7, 11) is 0. The fourth-order valence-corrected chi connectivity index (χ4v) is 3.46. The molecule has 0 spiro atoms. The Morgan fingerprint density at radius 2 is 2.07 bits per heavy atom. The first-order chi connectivity index (χ1) is 13.7. The fraction of sp³-hybridized carbons (Fsp3) is 0.526. The lowest BCUT2D eigenvalue weighted by molar-refractivity contribution is 0.0918. The molecule has 2 aliphatic rings. The highest BCUT2D eigenvalue weighted by molar-refractivity contribution is 5.73. The predicted octanol–water partition coefficient (Wildman–Crippen LogP) is 0.910. The molecule has 0 saturated carbocycles. The summed E-state index contributed by atoms with van der Waals surface area (Å²) in [6.07, 6.45) is 3.39. The second-order valence-electron chi connectivity index (χ2n) is 7.02. The molecule has 0 fully saturated rings. The number of para-hydroxylation sites is 2. The Balaban J connectivity index is 1.16. The van der Waals surface area contributed by atoms with E-state index < -0.39 is 0 Å². The number of nitrogens with one attached hydrogen (secondary N) is 2. The van der Waals surface area contributed by atoms with Crippen molar-refractivity contribution in [2.45, 2.75) is 44.9 Å². The molecular formula is C19H25N5O4. The third-order valence-electron chi connectivity index (χ3n) is 4.92. The number of amides is 2. The molecule has 28 heavy (non-hydrogen) atoms. The van der Waals surface area contributed by atoms with Crippen LogP contribution >= 0.6 is 0 Å². The number of aryl methyl sites for hydroxylation is 2. The van der Waals surface area contributed by atoms with E-state index in [0.717, 1.165) is 37.4 Å². The van der Waals surface area contributed by atoms with Crippen LogP contribution in [0.25, 0.3) is 0 Å². The molecule has 3 heterocycles. The van der Waals surface area contributed by atoms with Crippen molar-refractivity contribution in [3.63, 3.8) is 0 Å². The first-order valence-corrected chi connectivity index (χ1v) is 9.77. The number of fused-ring (bicyclic) bond motifs is 2. The van der Waals surface area contributed by atoms with Crippen LogP contribution in [0.3, 0.4) is 0 Å². The number of carbonyl (C=O) groups excluding carboxylic acids is 1. The molecule has 2 amide bonds. The summed E-state index contributed by atoms with van der Waals surface area (Å²) in [4.78, 5) is 24.2. The molecule has 1 atom stereocenters. The number of ether oxygens (including phenoxy) is 2. The highest BCUT2D eigenvalue weighted by Gasteiger charge is 2.21. The molecule has 2 aliphatic heterocycles. The van der Waals surface area contributed by atoms with Gasteiger partial charge in [-0.25, -0.2) is 14.3 Å². The van der Waals surface area contributed by atoms with Gasteiger partial charge in [0.2, 0.25) is 0 Å².